The molecule has 0 aliphatic carbocycles. The van der Waals surface area contributed by atoms with E-state index in [0.717, 1.165) is 6.42 Å². The Morgan fingerprint density at radius 3 is 3.00 bits per heavy atom. The lowest BCUT2D eigenvalue weighted by Gasteiger charge is -1.92. The molecule has 0 fully saturated rings. The number of allylic oxidation sites excluding steroid dienone is 1. The fourth-order valence-corrected chi connectivity index (χ4v) is 1.32. The fraction of sp³-hybridized carbons (Fsp3) is 0.667. The monoisotopic (exact) mass is 130 g/mol. The van der Waals surface area contributed by atoms with E-state index in [1.54, 1.807) is 7.11 Å². The van der Waals surface area contributed by atoms with Gasteiger partial charge in [0.1, 0.15) is 0 Å². The molecule has 0 radical (unpaired) electrons. The lowest BCUT2D eigenvalue weighted by molar-refractivity contribution is 0.439. The number of hydrogen-bond donors (Lipinski definition) is 0. The first-order valence-electron chi connectivity index (χ1n) is 3.01. The highest BCUT2D eigenvalue weighted by atomic mass is 28.2. The van der Waals surface area contributed by atoms with Crippen LogP contribution in [0.15, 0.2) is 12.7 Å². The standard InChI is InChI=1S/C6H14OSi/c1-3-4-5-6-8-7-2/h3H,1,4-6,8H2,2H3. The van der Waals surface area contributed by atoms with Gasteiger partial charge in [0, 0.05) is 7.11 Å². The van der Waals surface area contributed by atoms with Crippen LogP contribution in [0.3, 0.4) is 0 Å². The molecule has 0 unspecified atom stereocenters. The highest BCUT2D eigenvalue weighted by Gasteiger charge is 1.83. The summed E-state index contributed by atoms with van der Waals surface area (Å²) in [5.74, 6) is 0. The van der Waals surface area contributed by atoms with Gasteiger partial charge in [-0.1, -0.05) is 12.5 Å². The van der Waals surface area contributed by atoms with Gasteiger partial charge in [0.15, 0.2) is 9.76 Å². The third-order valence-corrected chi connectivity index (χ3v) is 2.20. The Labute approximate surface area is 53.7 Å². The molecule has 0 aliphatic rings. The molecule has 0 heterocycles. The first kappa shape index (κ1) is 7.92. The van der Waals surface area contributed by atoms with Crippen molar-refractivity contribution in [3.63, 3.8) is 0 Å². The van der Waals surface area contributed by atoms with Crippen molar-refractivity contribution in [1.29, 1.82) is 0 Å². The van der Waals surface area contributed by atoms with Crippen molar-refractivity contribution in [1.82, 2.24) is 0 Å². The van der Waals surface area contributed by atoms with Gasteiger partial charge in [-0.15, -0.1) is 6.58 Å². The van der Waals surface area contributed by atoms with Crippen LogP contribution in [-0.2, 0) is 4.43 Å². The summed E-state index contributed by atoms with van der Waals surface area (Å²) in [6.07, 6.45) is 4.38. The largest absolute Gasteiger partial charge is 0.427 e. The molecule has 1 nitrogen and oxygen atoms in total. The number of hydrogen-bond acceptors (Lipinski definition) is 1. The second-order valence-electron chi connectivity index (χ2n) is 1.78. The maximum Gasteiger partial charge on any atom is 0.161 e. The van der Waals surface area contributed by atoms with Gasteiger partial charge in [-0.25, -0.2) is 0 Å². The summed E-state index contributed by atoms with van der Waals surface area (Å²) in [7, 11) is 1.65. The van der Waals surface area contributed by atoms with Gasteiger partial charge in [-0.2, -0.15) is 0 Å². The van der Waals surface area contributed by atoms with Crippen molar-refractivity contribution in [2.45, 2.75) is 18.9 Å². The van der Waals surface area contributed by atoms with Crippen molar-refractivity contribution in [3.8, 4) is 0 Å². The molecule has 0 bridgehead atoms. The molecule has 0 spiro atoms. The van der Waals surface area contributed by atoms with E-state index >= 15 is 0 Å². The van der Waals surface area contributed by atoms with Gasteiger partial charge in [0.2, 0.25) is 0 Å². The maximum absolute atomic E-state index is 4.99. The lowest BCUT2D eigenvalue weighted by atomic mass is 10.3. The highest BCUT2D eigenvalue weighted by molar-refractivity contribution is 6.26. The SMILES string of the molecule is C=CCCC[SiH2]OC. The smallest absolute Gasteiger partial charge is 0.161 e. The van der Waals surface area contributed by atoms with Gasteiger partial charge in [0.25, 0.3) is 0 Å². The van der Waals surface area contributed by atoms with Crippen LogP contribution in [0.1, 0.15) is 12.8 Å². The van der Waals surface area contributed by atoms with Gasteiger partial charge in [0.05, 0.1) is 0 Å². The summed E-state index contributed by atoms with van der Waals surface area (Å²) >= 11 is 0. The second-order valence-corrected chi connectivity index (χ2v) is 3.47. The molecule has 0 N–H and O–H groups in total. The lowest BCUT2D eigenvalue weighted by Crippen LogP contribution is -1.90. The van der Waals surface area contributed by atoms with Crippen molar-refractivity contribution in [2.75, 3.05) is 7.11 Å². The van der Waals surface area contributed by atoms with E-state index in [0.29, 0.717) is 0 Å². The molecule has 0 aliphatic heterocycles. The predicted molar refractivity (Wildman–Crippen MR) is 39.8 cm³/mol. The molecule has 0 atom stereocenters. The number of unbranched alkanes of at least 4 members (excludes halogenated alkanes) is 1. The van der Waals surface area contributed by atoms with Crippen LogP contribution in [0, 0.1) is 0 Å². The van der Waals surface area contributed by atoms with Gasteiger partial charge in [-0.3, -0.25) is 0 Å². The van der Waals surface area contributed by atoms with Crippen LogP contribution in [0.4, 0.5) is 0 Å². The molecule has 0 rings (SSSR count). The molecule has 8 heavy (non-hydrogen) atoms. The summed E-state index contributed by atoms with van der Waals surface area (Å²) < 4.78 is 4.99. The topological polar surface area (TPSA) is 9.23 Å². The molecule has 0 aromatic heterocycles. The summed E-state index contributed by atoms with van der Waals surface area (Å²) in [6.45, 7) is 3.63. The molecule has 48 valence electrons. The molecule has 0 aromatic carbocycles. The van der Waals surface area contributed by atoms with Crippen LogP contribution < -0.4 is 0 Å². The maximum atomic E-state index is 4.99. The zero-order chi connectivity index (χ0) is 6.24. The minimum atomic E-state index is -0.146. The zero-order valence-corrected chi connectivity index (χ0v) is 6.94. The van der Waals surface area contributed by atoms with E-state index in [1.807, 2.05) is 6.08 Å². The minimum absolute atomic E-state index is 0.146. The minimum Gasteiger partial charge on any atom is -0.427 e. The molecule has 2 heteroatoms. The summed E-state index contributed by atoms with van der Waals surface area (Å²) in [5, 5.41) is 0. The van der Waals surface area contributed by atoms with Crippen molar-refractivity contribution in [3.05, 3.63) is 12.7 Å². The zero-order valence-electron chi connectivity index (χ0n) is 5.52. The Bertz CT molecular complexity index is 54.5. The van der Waals surface area contributed by atoms with E-state index in [1.165, 1.54) is 12.5 Å². The first-order chi connectivity index (χ1) is 3.91. The van der Waals surface area contributed by atoms with E-state index in [9.17, 15) is 0 Å². The van der Waals surface area contributed by atoms with E-state index in [4.69, 9.17) is 4.43 Å². The average Bonchev–Trinajstić information content (AvgIpc) is 1.81. The highest BCUT2D eigenvalue weighted by Crippen LogP contribution is 1.94. The van der Waals surface area contributed by atoms with Crippen molar-refractivity contribution >= 4 is 9.76 Å². The Balaban J connectivity index is 2.62. The van der Waals surface area contributed by atoms with Gasteiger partial charge >= 0.3 is 0 Å². The molecule has 0 aromatic rings. The van der Waals surface area contributed by atoms with E-state index < -0.39 is 0 Å². The van der Waals surface area contributed by atoms with Crippen molar-refractivity contribution < 1.29 is 4.43 Å². The molecule has 0 saturated heterocycles. The van der Waals surface area contributed by atoms with Crippen LogP contribution in [-0.4, -0.2) is 16.9 Å². The fourth-order valence-electron chi connectivity index (χ4n) is 0.535. The summed E-state index contributed by atoms with van der Waals surface area (Å²) in [6, 6.07) is 1.29. The third kappa shape index (κ3) is 5.92. The normalized spacial score (nSPS) is 10.6. The molecule has 0 saturated carbocycles. The average molecular weight is 130 g/mol. The Kier molecular flexibility index (Phi) is 6.85. The third-order valence-electron chi connectivity index (χ3n) is 1.01. The van der Waals surface area contributed by atoms with Gasteiger partial charge in [-0.05, 0) is 12.5 Å². The first-order valence-corrected chi connectivity index (χ1v) is 4.59. The second kappa shape index (κ2) is 6.92. The summed E-state index contributed by atoms with van der Waals surface area (Å²) in [4.78, 5) is 0. The van der Waals surface area contributed by atoms with Crippen LogP contribution in [0.25, 0.3) is 0 Å². The quantitative estimate of drug-likeness (QED) is 0.308. The Morgan fingerprint density at radius 1 is 1.75 bits per heavy atom. The van der Waals surface area contributed by atoms with Crippen LogP contribution in [0.2, 0.25) is 6.04 Å². The Hall–Kier alpha value is -0.0831. The van der Waals surface area contributed by atoms with E-state index in [-0.39, 0.29) is 9.76 Å². The number of rotatable bonds is 5. The molecule has 0 amide bonds. The van der Waals surface area contributed by atoms with Crippen molar-refractivity contribution in [2.24, 2.45) is 0 Å². The predicted octanol–water partition coefficient (Wildman–Crippen LogP) is 1.10. The van der Waals surface area contributed by atoms with Crippen LogP contribution >= 0.6 is 0 Å². The van der Waals surface area contributed by atoms with Crippen LogP contribution in [0.5, 0.6) is 0 Å². The Morgan fingerprint density at radius 2 is 2.50 bits per heavy atom. The molecular formula is C6H14OSi. The van der Waals surface area contributed by atoms with E-state index in [2.05, 4.69) is 6.58 Å². The van der Waals surface area contributed by atoms with Gasteiger partial charge < -0.3 is 4.43 Å². The summed E-state index contributed by atoms with van der Waals surface area (Å²) in [5.41, 5.74) is 0. The molecular weight excluding hydrogens is 116 g/mol.